The van der Waals surface area contributed by atoms with Crippen molar-refractivity contribution in [1.29, 1.82) is 0 Å². The van der Waals surface area contributed by atoms with Crippen molar-refractivity contribution in [3.05, 3.63) is 0 Å². The van der Waals surface area contributed by atoms with E-state index >= 15 is 0 Å². The predicted octanol–water partition coefficient (Wildman–Crippen LogP) is 8.43. The van der Waals surface area contributed by atoms with E-state index < -0.39 is 12.5 Å². The molecule has 0 aliphatic carbocycles. The van der Waals surface area contributed by atoms with Gasteiger partial charge in [-0.15, -0.1) is 0 Å². The van der Waals surface area contributed by atoms with Crippen LogP contribution >= 0.6 is 0 Å². The van der Waals surface area contributed by atoms with Gasteiger partial charge in [0.05, 0.1) is 0 Å². The van der Waals surface area contributed by atoms with Crippen molar-refractivity contribution >= 4 is 0 Å². The van der Waals surface area contributed by atoms with Crippen LogP contribution in [0.1, 0.15) is 117 Å². The molecule has 0 saturated carbocycles. The number of unbranched alkanes of at least 4 members (excludes halogenated alkanes) is 14. The second-order valence-electron chi connectivity index (χ2n) is 7.83. The number of hydrogen-bond donors (Lipinski definition) is 0. The summed E-state index contributed by atoms with van der Waals surface area (Å²) in [7, 11) is 0. The van der Waals surface area contributed by atoms with Crippen molar-refractivity contribution in [2.75, 3.05) is 13.1 Å². The zero-order valence-electron chi connectivity index (χ0n) is 17.8. The molecule has 1 nitrogen and oxygen atoms in total. The van der Waals surface area contributed by atoms with Crippen LogP contribution in [-0.2, 0) is 0 Å². The maximum absolute atomic E-state index is 13.8. The topological polar surface area (TPSA) is 3.24 Å². The molecule has 0 aromatic heterocycles. The van der Waals surface area contributed by atoms with Gasteiger partial charge in [0.1, 0.15) is 0 Å². The number of rotatable bonds is 20. The van der Waals surface area contributed by atoms with E-state index in [0.29, 0.717) is 12.8 Å². The molecule has 0 bridgehead atoms. The number of halogens is 4. The first-order valence-electron chi connectivity index (χ1n) is 11.4. The predicted molar refractivity (Wildman–Crippen MR) is 108 cm³/mol. The van der Waals surface area contributed by atoms with Crippen molar-refractivity contribution in [3.8, 4) is 0 Å². The first-order chi connectivity index (χ1) is 13.0. The highest BCUT2D eigenvalue weighted by molar-refractivity contribution is 4.72. The van der Waals surface area contributed by atoms with Crippen molar-refractivity contribution in [3.63, 3.8) is 0 Å². The fraction of sp³-hybridized carbons (Fsp3) is 1.00. The van der Waals surface area contributed by atoms with E-state index in [0.717, 1.165) is 43.4 Å². The van der Waals surface area contributed by atoms with Crippen molar-refractivity contribution < 1.29 is 17.6 Å². The summed E-state index contributed by atoms with van der Waals surface area (Å²) >= 11 is 0. The van der Waals surface area contributed by atoms with Gasteiger partial charge in [0, 0.05) is 13.1 Å². The smallest absolute Gasteiger partial charge is 0.240 e. The van der Waals surface area contributed by atoms with Crippen molar-refractivity contribution in [2.45, 2.75) is 129 Å². The summed E-state index contributed by atoms with van der Waals surface area (Å²) in [6.07, 6.45) is 13.2. The van der Waals surface area contributed by atoms with Crippen LogP contribution in [0.3, 0.4) is 0 Å². The molecule has 0 aliphatic rings. The van der Waals surface area contributed by atoms with Gasteiger partial charge in [-0.2, -0.15) is 8.78 Å². The van der Waals surface area contributed by atoms with E-state index in [9.17, 15) is 17.6 Å². The lowest BCUT2D eigenvalue weighted by Crippen LogP contribution is -2.48. The summed E-state index contributed by atoms with van der Waals surface area (Å²) in [4.78, 5) is 0.728. The molecule has 0 aromatic rings. The van der Waals surface area contributed by atoms with E-state index in [1.54, 1.807) is 0 Å². The maximum Gasteiger partial charge on any atom is 0.364 e. The Bertz CT molecular complexity index is 291. The summed E-state index contributed by atoms with van der Waals surface area (Å²) in [6, 6.07) is -4.00. The van der Waals surface area contributed by atoms with Crippen LogP contribution in [0.2, 0.25) is 0 Å². The zero-order chi connectivity index (χ0) is 20.4. The molecule has 27 heavy (non-hydrogen) atoms. The van der Waals surface area contributed by atoms with E-state index in [-0.39, 0.29) is 13.1 Å². The third kappa shape index (κ3) is 14.3. The van der Waals surface area contributed by atoms with Gasteiger partial charge in [0.25, 0.3) is 0 Å². The largest absolute Gasteiger partial charge is 0.364 e. The minimum Gasteiger partial charge on any atom is -0.240 e. The molecule has 0 aliphatic heterocycles. The van der Waals surface area contributed by atoms with Crippen LogP contribution in [0, 0.1) is 0 Å². The Balaban J connectivity index is 3.99. The molecule has 0 aromatic carbocycles. The summed E-state index contributed by atoms with van der Waals surface area (Å²) in [5, 5.41) is 0. The molecule has 164 valence electrons. The quantitative estimate of drug-likeness (QED) is 0.113. The molecule has 0 fully saturated rings. The van der Waals surface area contributed by atoms with Gasteiger partial charge in [-0.3, -0.25) is 0 Å². The minimum absolute atomic E-state index is 0.0722. The van der Waals surface area contributed by atoms with E-state index in [1.807, 2.05) is 0 Å². The van der Waals surface area contributed by atoms with Crippen LogP contribution in [0.4, 0.5) is 17.6 Å². The molecule has 0 amide bonds. The first kappa shape index (κ1) is 26.7. The fourth-order valence-electron chi connectivity index (χ4n) is 3.42. The van der Waals surface area contributed by atoms with Crippen LogP contribution < -0.4 is 0 Å². The van der Waals surface area contributed by atoms with Gasteiger partial charge in [-0.05, 0) is 12.8 Å². The van der Waals surface area contributed by atoms with Gasteiger partial charge >= 0.3 is 12.5 Å². The lowest BCUT2D eigenvalue weighted by molar-refractivity contribution is -0.227. The highest BCUT2D eigenvalue weighted by Gasteiger charge is 2.46. The lowest BCUT2D eigenvalue weighted by atomic mass is 10.1. The third-order valence-electron chi connectivity index (χ3n) is 5.25. The maximum atomic E-state index is 13.8. The van der Waals surface area contributed by atoms with Gasteiger partial charge in [0.15, 0.2) is 0 Å². The van der Waals surface area contributed by atoms with E-state index in [1.165, 1.54) is 51.4 Å². The average Bonchev–Trinajstić information content (AvgIpc) is 2.63. The lowest BCUT2D eigenvalue weighted by Gasteiger charge is -2.30. The van der Waals surface area contributed by atoms with Crippen LogP contribution in [-0.4, -0.2) is 30.5 Å². The third-order valence-corrected chi connectivity index (χ3v) is 5.25. The molecular weight excluding hydrogens is 354 g/mol. The molecule has 0 N–H and O–H groups in total. The highest BCUT2D eigenvalue weighted by atomic mass is 19.3. The molecule has 0 radical (unpaired) electrons. The Morgan fingerprint density at radius 1 is 0.556 bits per heavy atom. The van der Waals surface area contributed by atoms with Crippen LogP contribution in [0.5, 0.6) is 0 Å². The Morgan fingerprint density at radius 3 is 1.15 bits per heavy atom. The molecule has 0 rings (SSSR count). The van der Waals surface area contributed by atoms with E-state index in [4.69, 9.17) is 0 Å². The Hall–Kier alpha value is -0.320. The number of nitrogens with zero attached hydrogens (tertiary/aromatic N) is 1. The first-order valence-corrected chi connectivity index (χ1v) is 11.4. The Morgan fingerprint density at radius 2 is 0.852 bits per heavy atom. The van der Waals surface area contributed by atoms with Gasteiger partial charge in [-0.1, -0.05) is 104 Å². The molecular formula is C22H43F4N. The summed E-state index contributed by atoms with van der Waals surface area (Å²) in [5.41, 5.74) is 0. The van der Waals surface area contributed by atoms with Crippen molar-refractivity contribution in [1.82, 2.24) is 4.90 Å². The molecule has 0 spiro atoms. The van der Waals surface area contributed by atoms with Crippen LogP contribution in [0.15, 0.2) is 0 Å². The second kappa shape index (κ2) is 17.8. The minimum atomic E-state index is -4.00. The van der Waals surface area contributed by atoms with Crippen LogP contribution in [0.25, 0.3) is 0 Å². The molecule has 0 heterocycles. The van der Waals surface area contributed by atoms with Gasteiger partial charge in [0.2, 0.25) is 0 Å². The summed E-state index contributed by atoms with van der Waals surface area (Å²) in [6.45, 7) is 4.49. The number of alkyl halides is 4. The monoisotopic (exact) mass is 397 g/mol. The average molecular weight is 398 g/mol. The van der Waals surface area contributed by atoms with Gasteiger partial charge in [-0.25, -0.2) is 13.7 Å². The zero-order valence-corrected chi connectivity index (χ0v) is 17.8. The molecule has 0 atom stereocenters. The van der Waals surface area contributed by atoms with E-state index in [2.05, 4.69) is 13.8 Å². The normalized spacial score (nSPS) is 12.4. The van der Waals surface area contributed by atoms with Crippen molar-refractivity contribution in [2.24, 2.45) is 0 Å². The fourth-order valence-corrected chi connectivity index (χ4v) is 3.42. The second-order valence-corrected chi connectivity index (χ2v) is 7.83. The van der Waals surface area contributed by atoms with Gasteiger partial charge < -0.3 is 0 Å². The Kier molecular flexibility index (Phi) is 17.5. The molecule has 0 saturated heterocycles. The summed E-state index contributed by atoms with van der Waals surface area (Å²) < 4.78 is 53.2. The Labute approximate surface area is 165 Å². The highest BCUT2D eigenvalue weighted by Crippen LogP contribution is 2.28. The summed E-state index contributed by atoms with van der Waals surface area (Å²) in [5.74, 6) is 0. The SMILES string of the molecule is CCCCCCCCCCN(CCCCCCCCCC)C(F)(F)C(F)F. The number of hydrogen-bond acceptors (Lipinski definition) is 1. The molecule has 5 heteroatoms. The standard InChI is InChI=1S/C22H43F4N/c1-3-5-7-9-11-13-15-17-19-27(22(25,26)21(23)24)20-18-16-14-12-10-8-6-4-2/h21H,3-20H2,1-2H3. The molecule has 0 unspecified atom stereocenters.